The molecule has 0 N–H and O–H groups in total. The molecule has 11 nitrogen and oxygen atoms in total. The summed E-state index contributed by atoms with van der Waals surface area (Å²) >= 11 is 0. The third-order valence-corrected chi connectivity index (χ3v) is 4.16. The van der Waals surface area contributed by atoms with Gasteiger partial charge in [-0.3, -0.25) is 4.68 Å². The van der Waals surface area contributed by atoms with Gasteiger partial charge in [-0.1, -0.05) is 6.92 Å². The lowest BCUT2D eigenvalue weighted by Crippen LogP contribution is -2.14. The minimum atomic E-state index is -0.504. The van der Waals surface area contributed by atoms with Gasteiger partial charge in [0, 0.05) is 7.05 Å². The molecule has 0 aliphatic heterocycles. The molecule has 4 aromatic rings. The molecule has 1 unspecified atom stereocenters. The van der Waals surface area contributed by atoms with Gasteiger partial charge >= 0.3 is 5.82 Å². The first-order valence-corrected chi connectivity index (χ1v) is 7.73. The van der Waals surface area contributed by atoms with Crippen LogP contribution in [0.3, 0.4) is 0 Å². The van der Waals surface area contributed by atoms with Gasteiger partial charge in [-0.25, -0.2) is 14.5 Å². The molecule has 0 aliphatic rings. The molecule has 4 rings (SSSR count). The fourth-order valence-corrected chi connectivity index (χ4v) is 2.94. The Hall–Kier alpha value is -3.37. The molecule has 0 radical (unpaired) electrons. The van der Waals surface area contributed by atoms with E-state index in [1.165, 1.54) is 6.07 Å². The van der Waals surface area contributed by atoms with Crippen LogP contribution in [0.25, 0.3) is 16.7 Å². The maximum absolute atomic E-state index is 11.0. The molecular weight excluding hydrogens is 326 g/mol. The van der Waals surface area contributed by atoms with Crippen LogP contribution in [0.5, 0.6) is 0 Å². The molecule has 0 spiro atoms. The first-order valence-electron chi connectivity index (χ1n) is 7.73. The zero-order valence-corrected chi connectivity index (χ0v) is 13.9. The summed E-state index contributed by atoms with van der Waals surface area (Å²) in [5.74, 6) is 0.345. The van der Waals surface area contributed by atoms with Crippen LogP contribution in [0.4, 0.5) is 5.82 Å². The molecule has 25 heavy (non-hydrogen) atoms. The molecule has 4 heterocycles. The number of aryl methyl sites for hydroxylation is 2. The average molecular weight is 341 g/mol. The molecule has 11 heteroatoms. The SMILES string of the molecule is CCC(c1nc2c3cnn(C)c3ncn2n1)n1nc([N+](=O)[O-])cc1C. The van der Waals surface area contributed by atoms with Gasteiger partial charge in [0.2, 0.25) is 0 Å². The molecule has 128 valence electrons. The lowest BCUT2D eigenvalue weighted by atomic mass is 10.2. The van der Waals surface area contributed by atoms with E-state index in [0.29, 0.717) is 29.2 Å². The quantitative estimate of drug-likeness (QED) is 0.406. The first kappa shape index (κ1) is 15.2. The summed E-state index contributed by atoms with van der Waals surface area (Å²) in [5.41, 5.74) is 2.04. The zero-order valence-electron chi connectivity index (χ0n) is 13.9. The molecule has 0 fully saturated rings. The highest BCUT2D eigenvalue weighted by Gasteiger charge is 2.26. The van der Waals surface area contributed by atoms with Crippen LogP contribution >= 0.6 is 0 Å². The molecule has 1 atom stereocenters. The maximum atomic E-state index is 11.0. The number of aromatic nitrogens is 8. The average Bonchev–Trinajstić information content (AvgIpc) is 3.26. The van der Waals surface area contributed by atoms with Crippen LogP contribution in [0.2, 0.25) is 0 Å². The predicted molar refractivity (Wildman–Crippen MR) is 87.1 cm³/mol. The lowest BCUT2D eigenvalue weighted by molar-refractivity contribution is -0.389. The topological polar surface area (TPSA) is 122 Å². The van der Waals surface area contributed by atoms with Gasteiger partial charge < -0.3 is 10.1 Å². The van der Waals surface area contributed by atoms with Crippen molar-refractivity contribution in [3.63, 3.8) is 0 Å². The Morgan fingerprint density at radius 3 is 2.80 bits per heavy atom. The second kappa shape index (κ2) is 5.33. The Bertz CT molecular complexity index is 1110. The second-order valence-corrected chi connectivity index (χ2v) is 5.76. The fraction of sp³-hybridized carbons (Fsp3) is 0.357. The van der Waals surface area contributed by atoms with E-state index in [0.717, 1.165) is 5.39 Å². The first-order chi connectivity index (χ1) is 12.0. The third-order valence-electron chi connectivity index (χ3n) is 4.16. The molecule has 0 bridgehead atoms. The number of fused-ring (bicyclic) bond motifs is 3. The third kappa shape index (κ3) is 2.23. The van der Waals surface area contributed by atoms with Crippen molar-refractivity contribution in [2.24, 2.45) is 7.05 Å². The van der Waals surface area contributed by atoms with E-state index in [1.807, 2.05) is 14.0 Å². The number of hydrogen-bond donors (Lipinski definition) is 0. The minimum absolute atomic E-state index is 0.184. The lowest BCUT2D eigenvalue weighted by Gasteiger charge is -2.09. The van der Waals surface area contributed by atoms with Crippen molar-refractivity contribution in [2.45, 2.75) is 26.3 Å². The zero-order chi connectivity index (χ0) is 17.7. The highest BCUT2D eigenvalue weighted by atomic mass is 16.6. The summed E-state index contributed by atoms with van der Waals surface area (Å²) in [7, 11) is 1.81. The number of nitro groups is 1. The van der Waals surface area contributed by atoms with Crippen LogP contribution in [0, 0.1) is 17.0 Å². The Balaban J connectivity index is 1.86. The number of rotatable bonds is 4. The summed E-state index contributed by atoms with van der Waals surface area (Å²) < 4.78 is 4.86. The Labute approximate surface area is 141 Å². The van der Waals surface area contributed by atoms with E-state index in [2.05, 4.69) is 25.3 Å². The van der Waals surface area contributed by atoms with E-state index in [-0.39, 0.29) is 11.9 Å². The van der Waals surface area contributed by atoms with Crippen LogP contribution in [-0.2, 0) is 7.05 Å². The maximum Gasteiger partial charge on any atom is 0.390 e. The van der Waals surface area contributed by atoms with Gasteiger partial charge in [-0.2, -0.15) is 9.78 Å². The summed E-state index contributed by atoms with van der Waals surface area (Å²) in [6.45, 7) is 3.74. The van der Waals surface area contributed by atoms with Crippen molar-refractivity contribution < 1.29 is 4.92 Å². The van der Waals surface area contributed by atoms with E-state index >= 15 is 0 Å². The number of hydrogen-bond acceptors (Lipinski definition) is 7. The minimum Gasteiger partial charge on any atom is -0.358 e. The van der Waals surface area contributed by atoms with Crippen LogP contribution in [-0.4, -0.2) is 44.1 Å². The fourth-order valence-electron chi connectivity index (χ4n) is 2.94. The predicted octanol–water partition coefficient (Wildman–Crippen LogP) is 1.42. The van der Waals surface area contributed by atoms with Gasteiger partial charge in [0.15, 0.2) is 17.1 Å². The molecule has 4 aromatic heterocycles. The van der Waals surface area contributed by atoms with Crippen LogP contribution in [0.15, 0.2) is 18.6 Å². The molecule has 0 saturated carbocycles. The standard InChI is InChI=1S/C14H15N9O2/c1-4-10(22-8(2)5-11(18-22)23(24)25)12-17-14-9-6-16-20(3)13(9)15-7-21(14)19-12/h5-7,10H,4H2,1-3H3. The molecule has 0 amide bonds. The van der Waals surface area contributed by atoms with Gasteiger partial charge in [0.25, 0.3) is 0 Å². The molecular formula is C14H15N9O2. The van der Waals surface area contributed by atoms with Gasteiger partial charge in [-0.05, 0) is 18.3 Å². The van der Waals surface area contributed by atoms with Crippen LogP contribution < -0.4 is 0 Å². The van der Waals surface area contributed by atoms with Gasteiger partial charge in [-0.15, -0.1) is 5.10 Å². The summed E-state index contributed by atoms with van der Waals surface area (Å²) in [4.78, 5) is 19.4. The van der Waals surface area contributed by atoms with E-state index < -0.39 is 4.92 Å². The van der Waals surface area contributed by atoms with Crippen molar-refractivity contribution in [1.82, 2.24) is 39.1 Å². The van der Waals surface area contributed by atoms with Crippen molar-refractivity contribution in [3.05, 3.63) is 40.2 Å². The normalized spacial score (nSPS) is 12.9. The summed E-state index contributed by atoms with van der Waals surface area (Å²) in [6, 6.07) is 1.14. The molecule has 0 saturated heterocycles. The summed E-state index contributed by atoms with van der Waals surface area (Å²) in [6.07, 6.45) is 3.92. The number of nitrogens with zero attached hydrogens (tertiary/aromatic N) is 9. The second-order valence-electron chi connectivity index (χ2n) is 5.76. The summed E-state index contributed by atoms with van der Waals surface area (Å²) in [5, 5.41) is 24.5. The van der Waals surface area contributed by atoms with Crippen molar-refractivity contribution >= 4 is 22.5 Å². The Morgan fingerprint density at radius 1 is 1.32 bits per heavy atom. The van der Waals surface area contributed by atoms with Gasteiger partial charge in [0.05, 0.1) is 28.4 Å². The Morgan fingerprint density at radius 2 is 2.12 bits per heavy atom. The van der Waals surface area contributed by atoms with Crippen LogP contribution in [0.1, 0.15) is 30.9 Å². The van der Waals surface area contributed by atoms with E-state index in [4.69, 9.17) is 0 Å². The smallest absolute Gasteiger partial charge is 0.358 e. The highest BCUT2D eigenvalue weighted by molar-refractivity contribution is 5.88. The van der Waals surface area contributed by atoms with E-state index in [1.54, 1.807) is 33.3 Å². The van der Waals surface area contributed by atoms with E-state index in [9.17, 15) is 10.1 Å². The Kier molecular flexibility index (Phi) is 3.23. The van der Waals surface area contributed by atoms with Crippen molar-refractivity contribution in [2.75, 3.05) is 0 Å². The largest absolute Gasteiger partial charge is 0.390 e. The monoisotopic (exact) mass is 341 g/mol. The van der Waals surface area contributed by atoms with Crippen molar-refractivity contribution in [3.8, 4) is 0 Å². The van der Waals surface area contributed by atoms with Gasteiger partial charge in [0.1, 0.15) is 12.4 Å². The van der Waals surface area contributed by atoms with Crippen molar-refractivity contribution in [1.29, 1.82) is 0 Å². The molecule has 0 aromatic carbocycles. The molecule has 0 aliphatic carbocycles. The highest BCUT2D eigenvalue weighted by Crippen LogP contribution is 2.25.